The lowest BCUT2D eigenvalue weighted by Gasteiger charge is -2.10. The van der Waals surface area contributed by atoms with Crippen LogP contribution in [0.1, 0.15) is 12.8 Å². The topological polar surface area (TPSA) is 54.4 Å². The molecule has 1 rings (SSSR count). The molecule has 0 saturated heterocycles. The predicted molar refractivity (Wildman–Crippen MR) is 43.3 cm³/mol. The Kier molecular flexibility index (Phi) is 2.80. The fraction of sp³-hybridized carbons (Fsp3) is 0.333. The molecule has 12 heavy (non-hydrogen) atoms. The van der Waals surface area contributed by atoms with E-state index in [1.165, 1.54) is 6.29 Å². The summed E-state index contributed by atoms with van der Waals surface area (Å²) in [5.41, 5.74) is 0.639. The summed E-state index contributed by atoms with van der Waals surface area (Å²) < 4.78 is 0. The van der Waals surface area contributed by atoms with E-state index in [0.717, 1.165) is 0 Å². The van der Waals surface area contributed by atoms with Crippen LogP contribution in [-0.4, -0.2) is 17.4 Å². The molecule has 0 fully saturated rings. The van der Waals surface area contributed by atoms with E-state index < -0.39 is 11.9 Å². The molecular weight excluding hydrogens is 156 g/mol. The fourth-order valence-electron chi connectivity index (χ4n) is 1.14. The zero-order valence-electron chi connectivity index (χ0n) is 6.49. The van der Waals surface area contributed by atoms with Crippen LogP contribution in [0.5, 0.6) is 0 Å². The normalized spacial score (nSPS) is 18.2. The molecule has 0 spiro atoms. The molecule has 0 bridgehead atoms. The van der Waals surface area contributed by atoms with Crippen LogP contribution in [-0.2, 0) is 9.59 Å². The SMILES string of the molecule is O=[C]C(C(=O)O)C1=CCC=CC1. The minimum Gasteiger partial charge on any atom is -0.480 e. The molecule has 1 unspecified atom stereocenters. The Morgan fingerprint density at radius 2 is 2.33 bits per heavy atom. The molecule has 1 aliphatic rings. The standard InChI is InChI=1S/C9H9O3/c10-6-8(9(11)12)7-4-2-1-3-5-7/h1-2,5,8H,3-4H2,(H,11,12). The van der Waals surface area contributed by atoms with Gasteiger partial charge in [-0.2, -0.15) is 0 Å². The molecule has 0 aromatic carbocycles. The van der Waals surface area contributed by atoms with Crippen LogP contribution < -0.4 is 0 Å². The van der Waals surface area contributed by atoms with Gasteiger partial charge in [0.1, 0.15) is 5.92 Å². The summed E-state index contributed by atoms with van der Waals surface area (Å²) in [4.78, 5) is 20.8. The first kappa shape index (κ1) is 8.71. The van der Waals surface area contributed by atoms with Crippen LogP contribution >= 0.6 is 0 Å². The highest BCUT2D eigenvalue weighted by atomic mass is 16.4. The molecule has 0 aromatic heterocycles. The second-order valence-corrected chi connectivity index (χ2v) is 2.58. The van der Waals surface area contributed by atoms with E-state index in [-0.39, 0.29) is 0 Å². The van der Waals surface area contributed by atoms with E-state index in [1.807, 2.05) is 12.2 Å². The van der Waals surface area contributed by atoms with Crippen molar-refractivity contribution in [2.45, 2.75) is 12.8 Å². The Morgan fingerprint density at radius 3 is 2.75 bits per heavy atom. The van der Waals surface area contributed by atoms with E-state index in [4.69, 9.17) is 5.11 Å². The van der Waals surface area contributed by atoms with Gasteiger partial charge in [0.05, 0.1) is 0 Å². The third-order valence-electron chi connectivity index (χ3n) is 1.77. The maximum atomic E-state index is 10.5. The minimum atomic E-state index is -1.12. The van der Waals surface area contributed by atoms with Gasteiger partial charge in [-0.1, -0.05) is 18.2 Å². The van der Waals surface area contributed by atoms with Gasteiger partial charge >= 0.3 is 5.97 Å². The number of allylic oxidation sites excluding steroid dienone is 3. The highest BCUT2D eigenvalue weighted by Gasteiger charge is 2.21. The van der Waals surface area contributed by atoms with Gasteiger partial charge in [-0.25, -0.2) is 0 Å². The van der Waals surface area contributed by atoms with Gasteiger partial charge in [-0.3, -0.25) is 9.59 Å². The summed E-state index contributed by atoms with van der Waals surface area (Å²) in [5.74, 6) is -2.19. The minimum absolute atomic E-state index is 0.548. The van der Waals surface area contributed by atoms with Crippen molar-refractivity contribution in [1.29, 1.82) is 0 Å². The lowest BCUT2D eigenvalue weighted by atomic mass is 9.94. The second kappa shape index (κ2) is 3.85. The Balaban J connectivity index is 2.72. The molecule has 0 aliphatic heterocycles. The first-order valence-electron chi connectivity index (χ1n) is 3.70. The molecule has 0 heterocycles. The Morgan fingerprint density at radius 1 is 1.58 bits per heavy atom. The van der Waals surface area contributed by atoms with E-state index in [2.05, 4.69) is 0 Å². The van der Waals surface area contributed by atoms with Crippen LogP contribution in [0.25, 0.3) is 0 Å². The number of carbonyl (C=O) groups excluding carboxylic acids is 1. The molecule has 1 aliphatic carbocycles. The summed E-state index contributed by atoms with van der Waals surface area (Å²) in [6, 6.07) is 0. The van der Waals surface area contributed by atoms with Crippen molar-refractivity contribution in [3.05, 3.63) is 23.8 Å². The van der Waals surface area contributed by atoms with Gasteiger partial charge in [0, 0.05) is 0 Å². The van der Waals surface area contributed by atoms with Gasteiger partial charge in [0.15, 0.2) is 0 Å². The third-order valence-corrected chi connectivity index (χ3v) is 1.77. The molecule has 1 radical (unpaired) electrons. The van der Waals surface area contributed by atoms with Crippen molar-refractivity contribution >= 4 is 12.3 Å². The maximum Gasteiger partial charge on any atom is 0.318 e. The predicted octanol–water partition coefficient (Wildman–Crippen LogP) is 1.07. The van der Waals surface area contributed by atoms with E-state index >= 15 is 0 Å². The van der Waals surface area contributed by atoms with Gasteiger partial charge in [-0.15, -0.1) is 0 Å². The van der Waals surface area contributed by atoms with Crippen LogP contribution in [0.2, 0.25) is 0 Å². The number of hydrogen-bond donors (Lipinski definition) is 1. The Bertz CT molecular complexity index is 250. The van der Waals surface area contributed by atoms with Gasteiger partial charge in [0.2, 0.25) is 6.29 Å². The molecule has 0 aromatic rings. The molecule has 1 atom stereocenters. The van der Waals surface area contributed by atoms with E-state index in [9.17, 15) is 9.59 Å². The second-order valence-electron chi connectivity index (χ2n) is 2.58. The van der Waals surface area contributed by atoms with Crippen LogP contribution in [0.15, 0.2) is 23.8 Å². The quantitative estimate of drug-likeness (QED) is 0.502. The average Bonchev–Trinajstić information content (AvgIpc) is 2.07. The average molecular weight is 165 g/mol. The van der Waals surface area contributed by atoms with E-state index in [0.29, 0.717) is 18.4 Å². The highest BCUT2D eigenvalue weighted by molar-refractivity contribution is 5.90. The van der Waals surface area contributed by atoms with Crippen LogP contribution in [0, 0.1) is 5.92 Å². The van der Waals surface area contributed by atoms with Crippen molar-refractivity contribution < 1.29 is 14.7 Å². The first-order chi connectivity index (χ1) is 5.75. The van der Waals surface area contributed by atoms with Crippen molar-refractivity contribution in [1.82, 2.24) is 0 Å². The molecule has 0 amide bonds. The number of rotatable bonds is 3. The van der Waals surface area contributed by atoms with Crippen LogP contribution in [0.3, 0.4) is 0 Å². The number of aliphatic carboxylic acids is 1. The lowest BCUT2D eigenvalue weighted by molar-refractivity contribution is -0.138. The summed E-state index contributed by atoms with van der Waals surface area (Å²) in [5, 5.41) is 8.60. The molecule has 1 N–H and O–H groups in total. The van der Waals surface area contributed by atoms with Gasteiger partial charge in [-0.05, 0) is 18.4 Å². The summed E-state index contributed by atoms with van der Waals surface area (Å²) in [7, 11) is 0. The Labute approximate surface area is 70.4 Å². The molecule has 0 saturated carbocycles. The fourth-order valence-corrected chi connectivity index (χ4v) is 1.14. The van der Waals surface area contributed by atoms with Crippen molar-refractivity contribution in [3.8, 4) is 0 Å². The largest absolute Gasteiger partial charge is 0.480 e. The zero-order valence-corrected chi connectivity index (χ0v) is 6.49. The number of hydrogen-bond acceptors (Lipinski definition) is 2. The van der Waals surface area contributed by atoms with Gasteiger partial charge in [0.25, 0.3) is 0 Å². The highest BCUT2D eigenvalue weighted by Crippen LogP contribution is 2.18. The van der Waals surface area contributed by atoms with Crippen molar-refractivity contribution in [2.75, 3.05) is 0 Å². The third kappa shape index (κ3) is 1.81. The monoisotopic (exact) mass is 165 g/mol. The Hall–Kier alpha value is -1.38. The van der Waals surface area contributed by atoms with Crippen LogP contribution in [0.4, 0.5) is 0 Å². The molecule has 3 heteroatoms. The molecular formula is C9H9O3. The maximum absolute atomic E-state index is 10.5. The summed E-state index contributed by atoms with van der Waals surface area (Å²) in [6.45, 7) is 0. The first-order valence-corrected chi connectivity index (χ1v) is 3.70. The number of carboxylic acids is 1. The zero-order chi connectivity index (χ0) is 8.97. The van der Waals surface area contributed by atoms with E-state index in [1.54, 1.807) is 6.08 Å². The van der Waals surface area contributed by atoms with Crippen molar-refractivity contribution in [3.63, 3.8) is 0 Å². The molecule has 63 valence electrons. The summed E-state index contributed by atoms with van der Waals surface area (Å²) >= 11 is 0. The lowest BCUT2D eigenvalue weighted by Crippen LogP contribution is -2.17. The molecule has 3 nitrogen and oxygen atoms in total. The summed E-state index contributed by atoms with van der Waals surface area (Å²) in [6.07, 6.45) is 8.35. The number of carbonyl (C=O) groups is 1. The van der Waals surface area contributed by atoms with Crippen molar-refractivity contribution in [2.24, 2.45) is 5.92 Å². The van der Waals surface area contributed by atoms with Gasteiger partial charge < -0.3 is 5.11 Å². The smallest absolute Gasteiger partial charge is 0.318 e. The number of carboxylic acid groups (broad SMARTS) is 1.